The van der Waals surface area contributed by atoms with Gasteiger partial charge in [0.2, 0.25) is 11.8 Å². The number of methoxy groups -OCH3 is 2. The van der Waals surface area contributed by atoms with E-state index in [0.29, 0.717) is 31.0 Å². The standard InChI is InChI=1S/C13H19N3O4/c1-9(17)15-11-7-10(16-12(8-11)19-2)5-4-6-14-13(18)20-3/h7-8H,4-6H2,1-3H3,(H,14,18)(H,15,16,17). The van der Waals surface area contributed by atoms with Crippen LogP contribution in [0, 0.1) is 0 Å². The molecule has 2 amide bonds. The van der Waals surface area contributed by atoms with Crippen molar-refractivity contribution in [2.45, 2.75) is 19.8 Å². The number of aromatic nitrogens is 1. The second-order valence-corrected chi connectivity index (χ2v) is 4.09. The number of alkyl carbamates (subject to hydrolysis) is 1. The summed E-state index contributed by atoms with van der Waals surface area (Å²) < 4.78 is 9.56. The predicted molar refractivity (Wildman–Crippen MR) is 73.8 cm³/mol. The fourth-order valence-electron chi connectivity index (χ4n) is 1.60. The maximum absolute atomic E-state index is 11.1. The molecule has 20 heavy (non-hydrogen) atoms. The Morgan fingerprint density at radius 3 is 2.65 bits per heavy atom. The third kappa shape index (κ3) is 5.55. The number of hydrogen-bond acceptors (Lipinski definition) is 5. The molecule has 0 bridgehead atoms. The van der Waals surface area contributed by atoms with Crippen LogP contribution in [-0.4, -0.2) is 37.7 Å². The second kappa shape index (κ2) is 7.98. The number of pyridine rings is 1. The molecule has 0 aliphatic heterocycles. The molecule has 0 saturated heterocycles. The Bertz CT molecular complexity index is 477. The Hall–Kier alpha value is -2.31. The normalized spacial score (nSPS) is 9.75. The number of nitrogens with one attached hydrogen (secondary N) is 2. The van der Waals surface area contributed by atoms with E-state index in [1.165, 1.54) is 21.1 Å². The molecule has 1 heterocycles. The van der Waals surface area contributed by atoms with Crippen molar-refractivity contribution >= 4 is 17.7 Å². The Kier molecular flexibility index (Phi) is 6.28. The highest BCUT2D eigenvalue weighted by Gasteiger charge is 2.05. The molecule has 0 spiro atoms. The number of amides is 2. The van der Waals surface area contributed by atoms with Crippen molar-refractivity contribution < 1.29 is 19.1 Å². The lowest BCUT2D eigenvalue weighted by Crippen LogP contribution is -2.24. The van der Waals surface area contributed by atoms with Crippen molar-refractivity contribution in [1.29, 1.82) is 0 Å². The molecule has 7 heteroatoms. The first kappa shape index (κ1) is 15.7. The van der Waals surface area contributed by atoms with Crippen molar-refractivity contribution in [1.82, 2.24) is 10.3 Å². The summed E-state index contributed by atoms with van der Waals surface area (Å²) >= 11 is 0. The van der Waals surface area contributed by atoms with E-state index in [2.05, 4.69) is 20.4 Å². The molecule has 110 valence electrons. The van der Waals surface area contributed by atoms with Crippen LogP contribution in [0.15, 0.2) is 12.1 Å². The monoisotopic (exact) mass is 281 g/mol. The maximum atomic E-state index is 11.1. The molecule has 0 aliphatic carbocycles. The molecule has 0 atom stereocenters. The third-order valence-corrected chi connectivity index (χ3v) is 2.45. The molecule has 7 nitrogen and oxygen atoms in total. The lowest BCUT2D eigenvalue weighted by Gasteiger charge is -2.09. The SMILES string of the molecule is COC(=O)NCCCc1cc(NC(C)=O)cc(OC)n1. The van der Waals surface area contributed by atoms with Gasteiger partial charge in [-0.15, -0.1) is 0 Å². The molecule has 0 radical (unpaired) electrons. The molecular weight excluding hydrogens is 262 g/mol. The molecule has 1 rings (SSSR count). The number of carbonyl (C=O) groups excluding carboxylic acids is 2. The molecule has 2 N–H and O–H groups in total. The minimum atomic E-state index is -0.456. The van der Waals surface area contributed by atoms with E-state index in [-0.39, 0.29) is 5.91 Å². The fraction of sp³-hybridized carbons (Fsp3) is 0.462. The topological polar surface area (TPSA) is 89.6 Å². The van der Waals surface area contributed by atoms with E-state index >= 15 is 0 Å². The van der Waals surface area contributed by atoms with E-state index in [1.807, 2.05) is 0 Å². The molecule has 1 aromatic rings. The van der Waals surface area contributed by atoms with Crippen molar-refractivity contribution in [3.63, 3.8) is 0 Å². The van der Waals surface area contributed by atoms with Crippen LogP contribution in [0.4, 0.5) is 10.5 Å². The van der Waals surface area contributed by atoms with E-state index in [9.17, 15) is 9.59 Å². The molecule has 0 saturated carbocycles. The Labute approximate surface area is 117 Å². The van der Waals surface area contributed by atoms with Gasteiger partial charge in [-0.25, -0.2) is 9.78 Å². The van der Waals surface area contributed by atoms with Crippen molar-refractivity contribution in [2.75, 3.05) is 26.1 Å². The van der Waals surface area contributed by atoms with Gasteiger partial charge in [0.05, 0.1) is 14.2 Å². The maximum Gasteiger partial charge on any atom is 0.406 e. The number of anilines is 1. The molecule has 0 aliphatic rings. The summed E-state index contributed by atoms with van der Waals surface area (Å²) in [6.07, 6.45) is 0.894. The zero-order valence-corrected chi connectivity index (χ0v) is 11.9. The average molecular weight is 281 g/mol. The summed E-state index contributed by atoms with van der Waals surface area (Å²) in [5.41, 5.74) is 1.42. The fourth-order valence-corrected chi connectivity index (χ4v) is 1.60. The van der Waals surface area contributed by atoms with Gasteiger partial charge in [-0.2, -0.15) is 0 Å². The van der Waals surface area contributed by atoms with Crippen molar-refractivity contribution in [3.05, 3.63) is 17.8 Å². The molecule has 1 aromatic heterocycles. The number of nitrogens with zero attached hydrogens (tertiary/aromatic N) is 1. The van der Waals surface area contributed by atoms with E-state index in [4.69, 9.17) is 4.74 Å². The van der Waals surface area contributed by atoms with Gasteiger partial charge in [0.15, 0.2) is 0 Å². The van der Waals surface area contributed by atoms with Crippen LogP contribution in [0.2, 0.25) is 0 Å². The molecular formula is C13H19N3O4. The van der Waals surface area contributed by atoms with Crippen LogP contribution in [0.1, 0.15) is 19.0 Å². The summed E-state index contributed by atoms with van der Waals surface area (Å²) in [6.45, 7) is 1.92. The van der Waals surface area contributed by atoms with Crippen LogP contribution < -0.4 is 15.4 Å². The summed E-state index contributed by atoms with van der Waals surface area (Å²) in [5, 5.41) is 5.28. The van der Waals surface area contributed by atoms with Gasteiger partial charge in [-0.1, -0.05) is 0 Å². The van der Waals surface area contributed by atoms with Crippen LogP contribution in [0.3, 0.4) is 0 Å². The quantitative estimate of drug-likeness (QED) is 0.768. The first-order valence-corrected chi connectivity index (χ1v) is 6.19. The van der Waals surface area contributed by atoms with Crippen LogP contribution in [-0.2, 0) is 16.0 Å². The lowest BCUT2D eigenvalue weighted by atomic mass is 10.2. The average Bonchev–Trinajstić information content (AvgIpc) is 2.42. The number of carbonyl (C=O) groups is 2. The van der Waals surface area contributed by atoms with Gasteiger partial charge in [-0.3, -0.25) is 4.79 Å². The highest BCUT2D eigenvalue weighted by molar-refractivity contribution is 5.88. The van der Waals surface area contributed by atoms with Gasteiger partial charge in [0.25, 0.3) is 0 Å². The minimum Gasteiger partial charge on any atom is -0.481 e. The first-order chi connectivity index (χ1) is 9.55. The smallest absolute Gasteiger partial charge is 0.406 e. The zero-order chi connectivity index (χ0) is 15.0. The van der Waals surface area contributed by atoms with Crippen LogP contribution in [0.5, 0.6) is 5.88 Å². The van der Waals surface area contributed by atoms with Gasteiger partial charge in [-0.05, 0) is 18.9 Å². The summed E-state index contributed by atoms with van der Waals surface area (Å²) in [4.78, 5) is 26.2. The Morgan fingerprint density at radius 2 is 2.05 bits per heavy atom. The van der Waals surface area contributed by atoms with Gasteiger partial charge in [0.1, 0.15) is 0 Å². The van der Waals surface area contributed by atoms with E-state index in [1.54, 1.807) is 12.1 Å². The first-order valence-electron chi connectivity index (χ1n) is 6.19. The van der Waals surface area contributed by atoms with Gasteiger partial charge in [0, 0.05) is 30.9 Å². The van der Waals surface area contributed by atoms with Crippen LogP contribution >= 0.6 is 0 Å². The third-order valence-electron chi connectivity index (χ3n) is 2.45. The lowest BCUT2D eigenvalue weighted by molar-refractivity contribution is -0.114. The summed E-state index contributed by atoms with van der Waals surface area (Å²) in [6, 6.07) is 3.43. The van der Waals surface area contributed by atoms with Crippen LogP contribution in [0.25, 0.3) is 0 Å². The molecule has 0 unspecified atom stereocenters. The van der Waals surface area contributed by atoms with E-state index in [0.717, 1.165) is 5.69 Å². The van der Waals surface area contributed by atoms with Crippen molar-refractivity contribution in [3.8, 4) is 5.88 Å². The molecule has 0 aromatic carbocycles. The largest absolute Gasteiger partial charge is 0.481 e. The second-order valence-electron chi connectivity index (χ2n) is 4.09. The summed E-state index contributed by atoms with van der Waals surface area (Å²) in [7, 11) is 2.83. The molecule has 0 fully saturated rings. The Balaban J connectivity index is 2.59. The number of ether oxygens (including phenoxy) is 2. The minimum absolute atomic E-state index is 0.156. The van der Waals surface area contributed by atoms with Gasteiger partial charge < -0.3 is 20.1 Å². The highest BCUT2D eigenvalue weighted by Crippen LogP contribution is 2.17. The van der Waals surface area contributed by atoms with Crippen molar-refractivity contribution in [2.24, 2.45) is 0 Å². The Morgan fingerprint density at radius 1 is 1.30 bits per heavy atom. The number of hydrogen-bond donors (Lipinski definition) is 2. The highest BCUT2D eigenvalue weighted by atomic mass is 16.5. The zero-order valence-electron chi connectivity index (χ0n) is 11.9. The van der Waals surface area contributed by atoms with Gasteiger partial charge >= 0.3 is 6.09 Å². The van der Waals surface area contributed by atoms with E-state index < -0.39 is 6.09 Å². The predicted octanol–water partition coefficient (Wildman–Crippen LogP) is 1.34. The number of aryl methyl sites for hydroxylation is 1. The summed E-state index contributed by atoms with van der Waals surface area (Å²) in [5.74, 6) is 0.281. The number of rotatable bonds is 6.